The third-order valence-corrected chi connectivity index (χ3v) is 3.29. The van der Waals surface area contributed by atoms with E-state index in [-0.39, 0.29) is 0 Å². The molecule has 2 atom stereocenters. The minimum absolute atomic E-state index is 0.477. The lowest BCUT2D eigenvalue weighted by Gasteiger charge is -2.26. The summed E-state index contributed by atoms with van der Waals surface area (Å²) in [5, 5.41) is 0. The minimum atomic E-state index is 0.477. The summed E-state index contributed by atoms with van der Waals surface area (Å²) in [6.07, 6.45) is 10.1. The Bertz CT molecular complexity index is 172. The van der Waals surface area contributed by atoms with Crippen molar-refractivity contribution in [2.75, 3.05) is 6.61 Å². The third kappa shape index (κ3) is 3.13. The van der Waals surface area contributed by atoms with Crippen LogP contribution in [0.3, 0.4) is 0 Å². The van der Waals surface area contributed by atoms with Crippen LogP contribution in [0.25, 0.3) is 0 Å². The van der Waals surface area contributed by atoms with Gasteiger partial charge in [-0.2, -0.15) is 0 Å². The monoisotopic (exact) mass is 196 g/mol. The average molecular weight is 196 g/mol. The molecule has 1 fully saturated rings. The Morgan fingerprint density at radius 3 is 2.79 bits per heavy atom. The predicted octanol–water partition coefficient (Wildman–Crippen LogP) is 3.94. The fourth-order valence-electron chi connectivity index (χ4n) is 2.67. The second-order valence-electron chi connectivity index (χ2n) is 4.76. The lowest BCUT2D eigenvalue weighted by molar-refractivity contribution is 0.0992. The molecule has 0 bridgehead atoms. The molecule has 1 heteroatoms. The molecule has 0 radical (unpaired) electrons. The van der Waals surface area contributed by atoms with Gasteiger partial charge in [0.2, 0.25) is 0 Å². The van der Waals surface area contributed by atoms with Crippen LogP contribution in [0.4, 0.5) is 0 Å². The Balaban J connectivity index is 2.41. The Hall–Kier alpha value is -0.300. The van der Waals surface area contributed by atoms with Crippen LogP contribution in [-0.4, -0.2) is 12.7 Å². The second-order valence-corrected chi connectivity index (χ2v) is 4.76. The Kier molecular flexibility index (Phi) is 4.67. The summed E-state index contributed by atoms with van der Waals surface area (Å²) in [4.78, 5) is 0. The molecule has 2 unspecified atom stereocenters. The van der Waals surface area contributed by atoms with Crippen molar-refractivity contribution >= 4 is 0 Å². The van der Waals surface area contributed by atoms with Gasteiger partial charge < -0.3 is 4.74 Å². The number of rotatable bonds is 6. The van der Waals surface area contributed by atoms with E-state index >= 15 is 0 Å². The molecule has 0 spiro atoms. The van der Waals surface area contributed by atoms with Crippen LogP contribution in [0.5, 0.6) is 0 Å². The molecule has 1 aliphatic rings. The standard InChI is InChI=1S/C13H24O/c1-4-6-7-9-13(8-5-2)10-12(3)14-11-13/h4,12H,1,5-11H2,2-3H3. The predicted molar refractivity (Wildman–Crippen MR) is 61.4 cm³/mol. The Morgan fingerprint density at radius 2 is 2.29 bits per heavy atom. The zero-order valence-corrected chi connectivity index (χ0v) is 9.72. The molecule has 82 valence electrons. The number of unbranched alkanes of at least 4 members (excludes halogenated alkanes) is 1. The quantitative estimate of drug-likeness (QED) is 0.462. The van der Waals surface area contributed by atoms with Gasteiger partial charge in [-0.1, -0.05) is 19.4 Å². The van der Waals surface area contributed by atoms with Crippen LogP contribution in [-0.2, 0) is 4.74 Å². The van der Waals surface area contributed by atoms with E-state index in [1.165, 1.54) is 32.1 Å². The summed E-state index contributed by atoms with van der Waals surface area (Å²) in [5.41, 5.74) is 0.497. The van der Waals surface area contributed by atoms with E-state index in [4.69, 9.17) is 4.74 Å². The van der Waals surface area contributed by atoms with Crippen molar-refractivity contribution in [1.29, 1.82) is 0 Å². The normalized spacial score (nSPS) is 32.0. The van der Waals surface area contributed by atoms with Gasteiger partial charge in [-0.05, 0) is 44.4 Å². The zero-order valence-electron chi connectivity index (χ0n) is 9.72. The smallest absolute Gasteiger partial charge is 0.0553 e. The van der Waals surface area contributed by atoms with Crippen LogP contribution in [0.15, 0.2) is 12.7 Å². The van der Waals surface area contributed by atoms with Gasteiger partial charge >= 0.3 is 0 Å². The molecule has 0 N–H and O–H groups in total. The third-order valence-electron chi connectivity index (χ3n) is 3.29. The lowest BCUT2D eigenvalue weighted by atomic mass is 9.77. The topological polar surface area (TPSA) is 9.23 Å². The summed E-state index contributed by atoms with van der Waals surface area (Å²) in [5.74, 6) is 0. The fourth-order valence-corrected chi connectivity index (χ4v) is 2.67. The van der Waals surface area contributed by atoms with E-state index in [2.05, 4.69) is 20.4 Å². The first-order chi connectivity index (χ1) is 6.72. The summed E-state index contributed by atoms with van der Waals surface area (Å²) >= 11 is 0. The van der Waals surface area contributed by atoms with Gasteiger partial charge in [-0.25, -0.2) is 0 Å². The summed E-state index contributed by atoms with van der Waals surface area (Å²) in [6, 6.07) is 0. The molecular weight excluding hydrogens is 172 g/mol. The molecule has 1 heterocycles. The first kappa shape index (κ1) is 11.8. The van der Waals surface area contributed by atoms with Crippen LogP contribution in [0.2, 0.25) is 0 Å². The van der Waals surface area contributed by atoms with E-state index in [1.54, 1.807) is 0 Å². The molecule has 0 aromatic rings. The number of hydrogen-bond acceptors (Lipinski definition) is 1. The van der Waals surface area contributed by atoms with Crippen molar-refractivity contribution in [1.82, 2.24) is 0 Å². The first-order valence-electron chi connectivity index (χ1n) is 5.95. The van der Waals surface area contributed by atoms with Crippen LogP contribution < -0.4 is 0 Å². The van der Waals surface area contributed by atoms with Crippen molar-refractivity contribution in [3.8, 4) is 0 Å². The van der Waals surface area contributed by atoms with Crippen LogP contribution in [0, 0.1) is 5.41 Å². The molecule has 1 saturated heterocycles. The van der Waals surface area contributed by atoms with Crippen molar-refractivity contribution in [3.63, 3.8) is 0 Å². The van der Waals surface area contributed by atoms with Crippen molar-refractivity contribution in [3.05, 3.63) is 12.7 Å². The molecule has 0 aliphatic carbocycles. The van der Waals surface area contributed by atoms with Crippen molar-refractivity contribution < 1.29 is 4.74 Å². The molecule has 0 aromatic heterocycles. The SMILES string of the molecule is C=CCCCC1(CCC)COC(C)C1. The molecule has 1 nitrogen and oxygen atoms in total. The van der Waals surface area contributed by atoms with E-state index in [1.807, 2.05) is 6.08 Å². The van der Waals surface area contributed by atoms with Gasteiger partial charge in [0.1, 0.15) is 0 Å². The Morgan fingerprint density at radius 1 is 1.50 bits per heavy atom. The molecule has 0 saturated carbocycles. The van der Waals surface area contributed by atoms with E-state index in [0.29, 0.717) is 11.5 Å². The highest BCUT2D eigenvalue weighted by atomic mass is 16.5. The zero-order chi connectivity index (χ0) is 10.4. The molecular formula is C13H24O. The van der Waals surface area contributed by atoms with Crippen molar-refractivity contribution in [2.45, 2.75) is 58.5 Å². The number of ether oxygens (including phenoxy) is 1. The fraction of sp³-hybridized carbons (Fsp3) is 0.846. The summed E-state index contributed by atoms with van der Waals surface area (Å²) in [7, 11) is 0. The number of allylic oxidation sites excluding steroid dienone is 1. The van der Waals surface area contributed by atoms with Gasteiger partial charge in [-0.3, -0.25) is 0 Å². The summed E-state index contributed by atoms with van der Waals surface area (Å²) in [6.45, 7) is 9.24. The van der Waals surface area contributed by atoms with Gasteiger partial charge in [0.05, 0.1) is 12.7 Å². The van der Waals surface area contributed by atoms with E-state index in [9.17, 15) is 0 Å². The maximum absolute atomic E-state index is 5.73. The first-order valence-corrected chi connectivity index (χ1v) is 5.95. The molecule has 1 rings (SSSR count). The summed E-state index contributed by atoms with van der Waals surface area (Å²) < 4.78 is 5.73. The average Bonchev–Trinajstić information content (AvgIpc) is 2.49. The van der Waals surface area contributed by atoms with Gasteiger partial charge in [0.15, 0.2) is 0 Å². The van der Waals surface area contributed by atoms with E-state index in [0.717, 1.165) is 13.0 Å². The van der Waals surface area contributed by atoms with Gasteiger partial charge in [0, 0.05) is 0 Å². The second kappa shape index (κ2) is 5.55. The van der Waals surface area contributed by atoms with Gasteiger partial charge in [-0.15, -0.1) is 6.58 Å². The molecule has 0 aromatic carbocycles. The largest absolute Gasteiger partial charge is 0.378 e. The maximum Gasteiger partial charge on any atom is 0.0553 e. The minimum Gasteiger partial charge on any atom is -0.378 e. The number of hydrogen-bond donors (Lipinski definition) is 0. The molecule has 0 amide bonds. The van der Waals surface area contributed by atoms with Gasteiger partial charge in [0.25, 0.3) is 0 Å². The highest BCUT2D eigenvalue weighted by Gasteiger charge is 2.36. The van der Waals surface area contributed by atoms with Crippen LogP contribution in [0.1, 0.15) is 52.4 Å². The molecule has 1 aliphatic heterocycles. The maximum atomic E-state index is 5.73. The highest BCUT2D eigenvalue weighted by Crippen LogP contribution is 2.41. The van der Waals surface area contributed by atoms with E-state index < -0.39 is 0 Å². The highest BCUT2D eigenvalue weighted by molar-refractivity contribution is 4.86. The Labute approximate surface area is 88.5 Å². The van der Waals surface area contributed by atoms with Crippen LogP contribution >= 0.6 is 0 Å². The molecule has 14 heavy (non-hydrogen) atoms. The lowest BCUT2D eigenvalue weighted by Crippen LogP contribution is -2.20. The van der Waals surface area contributed by atoms with Crippen molar-refractivity contribution in [2.24, 2.45) is 5.41 Å².